The minimum atomic E-state index is 0.391. The molecule has 1 aromatic carbocycles. The number of nitrogens with one attached hydrogen (secondary N) is 1. The van der Waals surface area contributed by atoms with E-state index in [0.29, 0.717) is 16.4 Å². The summed E-state index contributed by atoms with van der Waals surface area (Å²) in [5, 5.41) is 6.92. The molecule has 2 aromatic rings. The van der Waals surface area contributed by atoms with Crippen LogP contribution in [0.5, 0.6) is 5.75 Å². The predicted octanol–water partition coefficient (Wildman–Crippen LogP) is 3.86. The van der Waals surface area contributed by atoms with Crippen molar-refractivity contribution < 1.29 is 4.74 Å². The highest BCUT2D eigenvalue weighted by molar-refractivity contribution is 7.71. The van der Waals surface area contributed by atoms with E-state index in [9.17, 15) is 0 Å². The lowest BCUT2D eigenvalue weighted by Gasteiger charge is -2.05. The van der Waals surface area contributed by atoms with Crippen molar-refractivity contribution in [3.63, 3.8) is 0 Å². The van der Waals surface area contributed by atoms with Crippen molar-refractivity contribution in [2.75, 3.05) is 6.61 Å². The molecule has 0 fully saturated rings. The van der Waals surface area contributed by atoms with Gasteiger partial charge in [0.25, 0.3) is 0 Å². The average Bonchev–Trinajstić information content (AvgIpc) is 2.34. The first-order chi connectivity index (χ1) is 8.20. The van der Waals surface area contributed by atoms with Crippen LogP contribution in [0.25, 0.3) is 11.1 Å². The topological polar surface area (TPSA) is 37.9 Å². The Bertz CT molecular complexity index is 565. The van der Waals surface area contributed by atoms with Crippen LogP contribution >= 0.6 is 23.8 Å². The van der Waals surface area contributed by atoms with Crippen molar-refractivity contribution >= 4 is 23.8 Å². The summed E-state index contributed by atoms with van der Waals surface area (Å²) in [7, 11) is 0. The van der Waals surface area contributed by atoms with Gasteiger partial charge < -0.3 is 4.74 Å². The fourth-order valence-electron chi connectivity index (χ4n) is 1.49. The van der Waals surface area contributed by atoms with Crippen LogP contribution in [-0.2, 0) is 0 Å². The Balaban J connectivity index is 2.39. The number of rotatable bonds is 3. The van der Waals surface area contributed by atoms with Gasteiger partial charge in [-0.1, -0.05) is 36.0 Å². The molecule has 0 bridgehead atoms. The Morgan fingerprint density at radius 3 is 2.71 bits per heavy atom. The third-order valence-corrected chi connectivity index (χ3v) is 2.75. The van der Waals surface area contributed by atoms with Gasteiger partial charge in [0, 0.05) is 5.56 Å². The van der Waals surface area contributed by atoms with Crippen LogP contribution in [0.3, 0.4) is 0 Å². The maximum atomic E-state index is 5.83. The van der Waals surface area contributed by atoms with Crippen molar-refractivity contribution in [1.82, 2.24) is 10.2 Å². The molecule has 17 heavy (non-hydrogen) atoms. The molecule has 1 N–H and O–H groups in total. The van der Waals surface area contributed by atoms with Crippen LogP contribution in [0.15, 0.2) is 30.3 Å². The zero-order chi connectivity index (χ0) is 12.3. The van der Waals surface area contributed by atoms with E-state index in [1.807, 2.05) is 31.2 Å². The fraction of sp³-hybridized carbons (Fsp3) is 0.167. The van der Waals surface area contributed by atoms with Gasteiger partial charge in [-0.25, -0.2) is 0 Å². The lowest BCUT2D eigenvalue weighted by Crippen LogP contribution is -1.91. The molecule has 0 atom stereocenters. The minimum Gasteiger partial charge on any atom is -0.494 e. The van der Waals surface area contributed by atoms with Crippen LogP contribution in [-0.4, -0.2) is 16.8 Å². The minimum absolute atomic E-state index is 0.391. The molecule has 0 amide bonds. The quantitative estimate of drug-likeness (QED) is 0.858. The third kappa shape index (κ3) is 2.84. The average molecular weight is 267 g/mol. The summed E-state index contributed by atoms with van der Waals surface area (Å²) in [6, 6.07) is 9.44. The standard InChI is InChI=1S/C12H11ClN2OS/c1-2-16-9-5-3-8(4-6-9)10-7-11(13)14-15-12(10)17/h3-7H,2H2,1H3,(H,15,17). The predicted molar refractivity (Wildman–Crippen MR) is 71.0 cm³/mol. The largest absolute Gasteiger partial charge is 0.494 e. The zero-order valence-electron chi connectivity index (χ0n) is 9.24. The molecule has 0 aliphatic carbocycles. The van der Waals surface area contributed by atoms with Crippen molar-refractivity contribution in [1.29, 1.82) is 0 Å². The molecule has 0 saturated carbocycles. The molecule has 1 aromatic heterocycles. The van der Waals surface area contributed by atoms with Crippen LogP contribution < -0.4 is 4.74 Å². The van der Waals surface area contributed by atoms with Gasteiger partial charge in [0.05, 0.1) is 6.61 Å². The lowest BCUT2D eigenvalue weighted by molar-refractivity contribution is 0.340. The van der Waals surface area contributed by atoms with E-state index in [-0.39, 0.29) is 0 Å². The zero-order valence-corrected chi connectivity index (χ0v) is 10.8. The van der Waals surface area contributed by atoms with Crippen LogP contribution in [0.1, 0.15) is 6.92 Å². The Kier molecular flexibility index (Phi) is 3.76. The van der Waals surface area contributed by atoms with Crippen LogP contribution in [0, 0.1) is 4.64 Å². The monoisotopic (exact) mass is 266 g/mol. The molecule has 0 saturated heterocycles. The summed E-state index contributed by atoms with van der Waals surface area (Å²) in [5.41, 5.74) is 1.85. The molecule has 0 aliphatic heterocycles. The molecule has 5 heteroatoms. The summed E-state index contributed by atoms with van der Waals surface area (Å²) in [6.07, 6.45) is 0. The van der Waals surface area contributed by atoms with Gasteiger partial charge in [-0.2, -0.15) is 5.10 Å². The lowest BCUT2D eigenvalue weighted by atomic mass is 10.1. The Morgan fingerprint density at radius 2 is 2.06 bits per heavy atom. The summed E-state index contributed by atoms with van der Waals surface area (Å²) in [5.74, 6) is 0.839. The molecule has 2 rings (SSSR count). The van der Waals surface area contributed by atoms with E-state index in [0.717, 1.165) is 16.9 Å². The number of hydrogen-bond donors (Lipinski definition) is 1. The first-order valence-electron chi connectivity index (χ1n) is 5.19. The number of hydrogen-bond acceptors (Lipinski definition) is 3. The molecule has 0 spiro atoms. The van der Waals surface area contributed by atoms with Gasteiger partial charge in [-0.05, 0) is 30.7 Å². The van der Waals surface area contributed by atoms with Gasteiger partial charge in [-0.3, -0.25) is 5.10 Å². The molecule has 3 nitrogen and oxygen atoms in total. The van der Waals surface area contributed by atoms with Crippen LogP contribution in [0.4, 0.5) is 0 Å². The van der Waals surface area contributed by atoms with Crippen molar-refractivity contribution in [3.8, 4) is 16.9 Å². The summed E-state index contributed by atoms with van der Waals surface area (Å²) >= 11 is 11.0. The highest BCUT2D eigenvalue weighted by Gasteiger charge is 2.03. The maximum Gasteiger partial charge on any atom is 0.150 e. The normalized spacial score (nSPS) is 10.2. The van der Waals surface area contributed by atoms with Gasteiger partial charge in [0.2, 0.25) is 0 Å². The van der Waals surface area contributed by atoms with Crippen molar-refractivity contribution in [2.24, 2.45) is 0 Å². The highest BCUT2D eigenvalue weighted by atomic mass is 35.5. The SMILES string of the molecule is CCOc1ccc(-c2cc(Cl)n[nH]c2=S)cc1. The number of nitrogens with zero attached hydrogens (tertiary/aromatic N) is 1. The number of halogens is 1. The number of ether oxygens (including phenoxy) is 1. The van der Waals surface area contributed by atoms with Crippen molar-refractivity contribution in [3.05, 3.63) is 40.1 Å². The van der Waals surface area contributed by atoms with Gasteiger partial charge in [0.15, 0.2) is 0 Å². The first kappa shape index (κ1) is 12.1. The smallest absolute Gasteiger partial charge is 0.150 e. The molecule has 0 unspecified atom stereocenters. The number of aromatic amines is 1. The van der Waals surface area contributed by atoms with Gasteiger partial charge in [-0.15, -0.1) is 0 Å². The van der Waals surface area contributed by atoms with E-state index in [1.54, 1.807) is 6.07 Å². The Morgan fingerprint density at radius 1 is 1.35 bits per heavy atom. The molecular weight excluding hydrogens is 256 g/mol. The van der Waals surface area contributed by atoms with Crippen molar-refractivity contribution in [2.45, 2.75) is 6.92 Å². The molecule has 0 aliphatic rings. The number of H-pyrrole nitrogens is 1. The van der Waals surface area contributed by atoms with Crippen LogP contribution in [0.2, 0.25) is 5.15 Å². The summed E-state index contributed by atoms with van der Waals surface area (Å²) < 4.78 is 5.95. The number of aromatic nitrogens is 2. The molecule has 1 heterocycles. The second-order valence-electron chi connectivity index (χ2n) is 3.39. The second-order valence-corrected chi connectivity index (χ2v) is 4.19. The first-order valence-corrected chi connectivity index (χ1v) is 5.98. The molecule has 0 radical (unpaired) electrons. The van der Waals surface area contributed by atoms with E-state index >= 15 is 0 Å². The van der Waals surface area contributed by atoms with E-state index in [2.05, 4.69) is 10.2 Å². The van der Waals surface area contributed by atoms with E-state index in [1.165, 1.54) is 0 Å². The highest BCUT2D eigenvalue weighted by Crippen LogP contribution is 2.24. The third-order valence-electron chi connectivity index (χ3n) is 2.25. The van der Waals surface area contributed by atoms with Gasteiger partial charge in [0.1, 0.15) is 15.5 Å². The van der Waals surface area contributed by atoms with E-state index in [4.69, 9.17) is 28.6 Å². The summed E-state index contributed by atoms with van der Waals surface area (Å²) in [6.45, 7) is 2.60. The Hall–Kier alpha value is -1.39. The van der Waals surface area contributed by atoms with Gasteiger partial charge >= 0.3 is 0 Å². The maximum absolute atomic E-state index is 5.83. The Labute approximate surface area is 109 Å². The van der Waals surface area contributed by atoms with E-state index < -0.39 is 0 Å². The summed E-state index contributed by atoms with van der Waals surface area (Å²) in [4.78, 5) is 0. The molecular formula is C12H11ClN2OS. The molecule has 88 valence electrons. The second kappa shape index (κ2) is 5.29. The number of benzene rings is 1. The fourth-order valence-corrected chi connectivity index (χ4v) is 1.87.